The second-order valence-corrected chi connectivity index (χ2v) is 6.57. The number of nitrogens with zero attached hydrogens (tertiary/aromatic N) is 1. The number of methoxy groups -OCH3 is 1. The Morgan fingerprint density at radius 3 is 2.74 bits per heavy atom. The molecule has 1 aliphatic heterocycles. The van der Waals surface area contributed by atoms with Crippen LogP contribution >= 0.6 is 11.6 Å². The Labute approximate surface area is 162 Å². The van der Waals surface area contributed by atoms with Crippen molar-refractivity contribution in [1.82, 2.24) is 5.32 Å². The van der Waals surface area contributed by atoms with Crippen LogP contribution in [0, 0.1) is 0 Å². The van der Waals surface area contributed by atoms with Crippen molar-refractivity contribution in [1.29, 1.82) is 0 Å². The zero-order chi connectivity index (χ0) is 19.2. The van der Waals surface area contributed by atoms with Crippen LogP contribution in [0.25, 0.3) is 0 Å². The fourth-order valence-electron chi connectivity index (χ4n) is 2.83. The van der Waals surface area contributed by atoms with Gasteiger partial charge in [0, 0.05) is 17.9 Å². The number of esters is 1. The van der Waals surface area contributed by atoms with Gasteiger partial charge in [-0.3, -0.25) is 4.79 Å². The SMILES string of the molecule is COC(=O)[C@@H](NC(=O)C1CC(Cc2cccc(Cl)c2)=NO1)c1ccccc1. The van der Waals surface area contributed by atoms with Crippen LogP contribution in [-0.4, -0.2) is 30.8 Å². The molecule has 1 heterocycles. The van der Waals surface area contributed by atoms with E-state index in [-0.39, 0.29) is 0 Å². The summed E-state index contributed by atoms with van der Waals surface area (Å²) in [5.74, 6) is -0.966. The number of ether oxygens (including phenoxy) is 1. The first-order valence-electron chi connectivity index (χ1n) is 8.46. The summed E-state index contributed by atoms with van der Waals surface area (Å²) in [5, 5.41) is 7.33. The Hall–Kier alpha value is -2.86. The summed E-state index contributed by atoms with van der Waals surface area (Å²) in [4.78, 5) is 29.9. The van der Waals surface area contributed by atoms with Crippen molar-refractivity contribution in [3.05, 3.63) is 70.7 Å². The van der Waals surface area contributed by atoms with E-state index < -0.39 is 24.0 Å². The summed E-state index contributed by atoms with van der Waals surface area (Å²) >= 11 is 5.99. The maximum atomic E-state index is 12.6. The molecule has 6 nitrogen and oxygen atoms in total. The van der Waals surface area contributed by atoms with Gasteiger partial charge in [0.25, 0.3) is 5.91 Å². The molecule has 1 N–H and O–H groups in total. The number of rotatable bonds is 6. The lowest BCUT2D eigenvalue weighted by Crippen LogP contribution is -2.40. The van der Waals surface area contributed by atoms with Crippen molar-refractivity contribution in [2.75, 3.05) is 7.11 Å². The molecule has 1 amide bonds. The van der Waals surface area contributed by atoms with E-state index in [0.29, 0.717) is 23.4 Å². The van der Waals surface area contributed by atoms with Crippen LogP contribution in [0.3, 0.4) is 0 Å². The predicted molar refractivity (Wildman–Crippen MR) is 101 cm³/mol. The molecule has 1 aliphatic rings. The number of benzene rings is 2. The van der Waals surface area contributed by atoms with Crippen LogP contribution in [0.15, 0.2) is 59.8 Å². The number of nitrogens with one attached hydrogen (secondary N) is 1. The maximum Gasteiger partial charge on any atom is 0.333 e. The summed E-state index contributed by atoms with van der Waals surface area (Å²) in [6.07, 6.45) is 0.111. The molecule has 2 atom stereocenters. The first-order chi connectivity index (χ1) is 13.1. The molecule has 2 aromatic rings. The molecule has 1 unspecified atom stereocenters. The number of oxime groups is 1. The number of carbonyl (C=O) groups is 2. The zero-order valence-electron chi connectivity index (χ0n) is 14.7. The monoisotopic (exact) mass is 386 g/mol. The Bertz CT molecular complexity index is 854. The molecule has 2 aromatic carbocycles. The highest BCUT2D eigenvalue weighted by Gasteiger charge is 2.32. The highest BCUT2D eigenvalue weighted by molar-refractivity contribution is 6.30. The normalized spacial score (nSPS) is 16.8. The van der Waals surface area contributed by atoms with E-state index in [2.05, 4.69) is 10.5 Å². The van der Waals surface area contributed by atoms with Gasteiger partial charge in [-0.05, 0) is 23.3 Å². The molecule has 27 heavy (non-hydrogen) atoms. The van der Waals surface area contributed by atoms with E-state index in [4.69, 9.17) is 21.2 Å². The van der Waals surface area contributed by atoms with Crippen molar-refractivity contribution in [2.24, 2.45) is 5.16 Å². The summed E-state index contributed by atoms with van der Waals surface area (Å²) in [6.45, 7) is 0. The number of amides is 1. The van der Waals surface area contributed by atoms with Gasteiger partial charge in [0.15, 0.2) is 6.04 Å². The average Bonchev–Trinajstić information content (AvgIpc) is 3.14. The van der Waals surface area contributed by atoms with Crippen molar-refractivity contribution in [2.45, 2.75) is 25.0 Å². The van der Waals surface area contributed by atoms with Crippen LogP contribution in [-0.2, 0) is 25.6 Å². The van der Waals surface area contributed by atoms with Crippen molar-refractivity contribution < 1.29 is 19.2 Å². The van der Waals surface area contributed by atoms with Crippen LogP contribution in [0.5, 0.6) is 0 Å². The van der Waals surface area contributed by atoms with Crippen LogP contribution < -0.4 is 5.32 Å². The van der Waals surface area contributed by atoms with Crippen molar-refractivity contribution in [3.63, 3.8) is 0 Å². The summed E-state index contributed by atoms with van der Waals surface area (Å²) < 4.78 is 4.81. The van der Waals surface area contributed by atoms with Gasteiger partial charge in [0.1, 0.15) is 0 Å². The third kappa shape index (κ3) is 4.86. The third-order valence-electron chi connectivity index (χ3n) is 4.18. The van der Waals surface area contributed by atoms with E-state index in [1.54, 1.807) is 30.3 Å². The van der Waals surface area contributed by atoms with Gasteiger partial charge in [-0.25, -0.2) is 4.79 Å². The largest absolute Gasteiger partial charge is 0.467 e. The fraction of sp³-hybridized carbons (Fsp3) is 0.250. The first-order valence-corrected chi connectivity index (χ1v) is 8.84. The molecule has 0 saturated heterocycles. The Morgan fingerprint density at radius 2 is 2.04 bits per heavy atom. The van der Waals surface area contributed by atoms with Gasteiger partial charge in [0.2, 0.25) is 6.10 Å². The molecule has 140 valence electrons. The van der Waals surface area contributed by atoms with Gasteiger partial charge >= 0.3 is 5.97 Å². The summed E-state index contributed by atoms with van der Waals surface area (Å²) in [6, 6.07) is 15.4. The number of hydrogen-bond acceptors (Lipinski definition) is 5. The summed E-state index contributed by atoms with van der Waals surface area (Å²) in [7, 11) is 1.28. The minimum Gasteiger partial charge on any atom is -0.467 e. The lowest BCUT2D eigenvalue weighted by Gasteiger charge is -2.18. The van der Waals surface area contributed by atoms with Gasteiger partial charge in [0.05, 0.1) is 12.8 Å². The molecule has 0 radical (unpaired) electrons. The van der Waals surface area contributed by atoms with E-state index in [1.807, 2.05) is 24.3 Å². The average molecular weight is 387 g/mol. The third-order valence-corrected chi connectivity index (χ3v) is 4.41. The van der Waals surface area contributed by atoms with Crippen LogP contribution in [0.4, 0.5) is 0 Å². The van der Waals surface area contributed by atoms with Gasteiger partial charge in [-0.2, -0.15) is 0 Å². The molecule has 0 aliphatic carbocycles. The lowest BCUT2D eigenvalue weighted by molar-refractivity contribution is -0.147. The minimum atomic E-state index is -0.899. The number of carbonyl (C=O) groups excluding carboxylic acids is 2. The van der Waals surface area contributed by atoms with E-state index in [1.165, 1.54) is 7.11 Å². The molecule has 7 heteroatoms. The van der Waals surface area contributed by atoms with Crippen molar-refractivity contribution >= 4 is 29.2 Å². The van der Waals surface area contributed by atoms with Crippen LogP contribution in [0.2, 0.25) is 5.02 Å². The van der Waals surface area contributed by atoms with E-state index in [0.717, 1.165) is 11.3 Å². The van der Waals surface area contributed by atoms with Gasteiger partial charge < -0.3 is 14.9 Å². The molecule has 0 fully saturated rings. The minimum absolute atomic E-state index is 0.348. The topological polar surface area (TPSA) is 77.0 Å². The van der Waals surface area contributed by atoms with E-state index >= 15 is 0 Å². The van der Waals surface area contributed by atoms with Gasteiger partial charge in [-0.1, -0.05) is 59.2 Å². The Morgan fingerprint density at radius 1 is 1.26 bits per heavy atom. The van der Waals surface area contributed by atoms with Gasteiger partial charge in [-0.15, -0.1) is 0 Å². The molecular formula is C20H19ClN2O4. The molecular weight excluding hydrogens is 368 g/mol. The first kappa shape index (κ1) is 18.9. The van der Waals surface area contributed by atoms with Crippen LogP contribution in [0.1, 0.15) is 23.6 Å². The smallest absolute Gasteiger partial charge is 0.333 e. The molecule has 0 saturated carbocycles. The number of halogens is 1. The lowest BCUT2D eigenvalue weighted by atomic mass is 10.0. The second kappa shape index (κ2) is 8.68. The molecule has 0 aromatic heterocycles. The highest BCUT2D eigenvalue weighted by Crippen LogP contribution is 2.19. The predicted octanol–water partition coefficient (Wildman–Crippen LogP) is 3.06. The Kier molecular flexibility index (Phi) is 6.08. The quantitative estimate of drug-likeness (QED) is 0.774. The maximum absolute atomic E-state index is 12.6. The highest BCUT2D eigenvalue weighted by atomic mass is 35.5. The fourth-order valence-corrected chi connectivity index (χ4v) is 3.04. The Balaban J connectivity index is 1.62. The summed E-state index contributed by atoms with van der Waals surface area (Å²) in [5.41, 5.74) is 2.37. The van der Waals surface area contributed by atoms with Crippen molar-refractivity contribution in [3.8, 4) is 0 Å². The number of hydrogen-bond donors (Lipinski definition) is 1. The zero-order valence-corrected chi connectivity index (χ0v) is 15.5. The second-order valence-electron chi connectivity index (χ2n) is 6.14. The van der Waals surface area contributed by atoms with E-state index in [9.17, 15) is 9.59 Å². The standard InChI is InChI=1S/C20H19ClN2O4/c1-26-20(25)18(14-7-3-2-4-8-14)22-19(24)17-12-16(23-27-17)11-13-6-5-9-15(21)10-13/h2-10,17-18H,11-12H2,1H3,(H,22,24)/t17?,18-/m0/s1. The molecule has 0 bridgehead atoms. The molecule has 3 rings (SSSR count). The molecule has 0 spiro atoms.